The minimum atomic E-state index is -3.75. The van der Waals surface area contributed by atoms with E-state index in [-0.39, 0.29) is 28.9 Å². The number of carbonyl (C=O) groups excluding carboxylic acids is 1. The Hall–Kier alpha value is -1.60. The van der Waals surface area contributed by atoms with Gasteiger partial charge in [-0.05, 0) is 64.5 Å². The fourth-order valence-corrected chi connectivity index (χ4v) is 4.83. The molecule has 2 aliphatic rings. The summed E-state index contributed by atoms with van der Waals surface area (Å²) in [4.78, 5) is 14.1. The van der Waals surface area contributed by atoms with Gasteiger partial charge in [0.25, 0.3) is 10.1 Å². The molecule has 1 aromatic carbocycles. The van der Waals surface area contributed by atoms with Gasteiger partial charge in [-0.2, -0.15) is 8.42 Å². The van der Waals surface area contributed by atoms with Gasteiger partial charge >= 0.3 is 6.09 Å². The first-order chi connectivity index (χ1) is 12.0. The van der Waals surface area contributed by atoms with E-state index in [0.717, 1.165) is 5.56 Å². The highest BCUT2D eigenvalue weighted by molar-refractivity contribution is 7.86. The highest BCUT2D eigenvalue weighted by Crippen LogP contribution is 2.40. The maximum Gasteiger partial charge on any atom is 0.410 e. The standard InChI is InChI=1S/C19H27NO5S/c1-13-5-7-17(8-6-13)26(22,23)25-16-9-14-11-20(12-15(14)10-16)18(21)24-19(2,3)4/h5-8,14-16H,9-12H2,1-4H3. The van der Waals surface area contributed by atoms with Crippen molar-refractivity contribution in [3.8, 4) is 0 Å². The van der Waals surface area contributed by atoms with Crippen LogP contribution in [-0.2, 0) is 19.0 Å². The molecule has 1 aliphatic heterocycles. The number of aryl methyl sites for hydroxylation is 1. The van der Waals surface area contributed by atoms with Crippen molar-refractivity contribution in [2.75, 3.05) is 13.1 Å². The van der Waals surface area contributed by atoms with Crippen molar-refractivity contribution in [1.29, 1.82) is 0 Å². The van der Waals surface area contributed by atoms with E-state index < -0.39 is 15.7 Å². The molecular formula is C19H27NO5S. The van der Waals surface area contributed by atoms with Crippen LogP contribution in [-0.4, -0.2) is 44.2 Å². The molecule has 0 N–H and O–H groups in total. The second kappa shape index (κ2) is 6.85. The highest BCUT2D eigenvalue weighted by Gasteiger charge is 2.45. The summed E-state index contributed by atoms with van der Waals surface area (Å²) in [6.45, 7) is 8.66. The number of amides is 1. The summed E-state index contributed by atoms with van der Waals surface area (Å²) in [7, 11) is -3.75. The summed E-state index contributed by atoms with van der Waals surface area (Å²) in [5, 5.41) is 0. The number of carbonyl (C=O) groups is 1. The van der Waals surface area contributed by atoms with Crippen LogP contribution < -0.4 is 0 Å². The van der Waals surface area contributed by atoms with Crippen molar-refractivity contribution < 1.29 is 22.1 Å². The molecule has 0 spiro atoms. The molecule has 144 valence electrons. The first kappa shape index (κ1) is 19.2. The molecule has 0 bridgehead atoms. The summed E-state index contributed by atoms with van der Waals surface area (Å²) >= 11 is 0. The molecule has 3 rings (SSSR count). The van der Waals surface area contributed by atoms with Crippen LogP contribution in [0.2, 0.25) is 0 Å². The fourth-order valence-electron chi connectivity index (χ4n) is 3.74. The van der Waals surface area contributed by atoms with Crippen LogP contribution in [0.3, 0.4) is 0 Å². The van der Waals surface area contributed by atoms with Gasteiger partial charge in [-0.3, -0.25) is 4.18 Å². The zero-order valence-electron chi connectivity index (χ0n) is 15.8. The molecule has 26 heavy (non-hydrogen) atoms. The monoisotopic (exact) mass is 381 g/mol. The quantitative estimate of drug-likeness (QED) is 0.751. The lowest BCUT2D eigenvalue weighted by atomic mass is 10.0. The molecule has 2 fully saturated rings. The number of ether oxygens (including phenoxy) is 1. The molecule has 2 unspecified atom stereocenters. The van der Waals surface area contributed by atoms with Crippen LogP contribution in [0.25, 0.3) is 0 Å². The van der Waals surface area contributed by atoms with Crippen molar-refractivity contribution in [2.45, 2.75) is 57.1 Å². The molecule has 1 saturated heterocycles. The van der Waals surface area contributed by atoms with Crippen LogP contribution in [0, 0.1) is 18.8 Å². The number of likely N-dealkylation sites (tertiary alicyclic amines) is 1. The Morgan fingerprint density at radius 2 is 1.62 bits per heavy atom. The average Bonchev–Trinajstić information content (AvgIpc) is 3.03. The van der Waals surface area contributed by atoms with Crippen molar-refractivity contribution in [1.82, 2.24) is 4.90 Å². The van der Waals surface area contributed by atoms with Crippen LogP contribution in [0.1, 0.15) is 39.2 Å². The third-order valence-electron chi connectivity index (χ3n) is 4.93. The predicted octanol–water partition coefficient (Wildman–Crippen LogP) is 3.35. The van der Waals surface area contributed by atoms with E-state index in [0.29, 0.717) is 25.9 Å². The van der Waals surface area contributed by atoms with E-state index in [1.807, 2.05) is 27.7 Å². The molecule has 1 aliphatic carbocycles. The van der Waals surface area contributed by atoms with Crippen LogP contribution >= 0.6 is 0 Å². The van der Waals surface area contributed by atoms with E-state index in [9.17, 15) is 13.2 Å². The normalized spacial score (nSPS) is 26.0. The maximum atomic E-state index is 12.4. The molecule has 1 saturated carbocycles. The Balaban J connectivity index is 1.57. The minimum absolute atomic E-state index is 0.190. The number of rotatable bonds is 3. The first-order valence-electron chi connectivity index (χ1n) is 9.01. The van der Waals surface area contributed by atoms with Gasteiger partial charge in [0, 0.05) is 13.1 Å². The molecule has 0 aromatic heterocycles. The smallest absolute Gasteiger partial charge is 0.410 e. The average molecular weight is 381 g/mol. The fraction of sp³-hybridized carbons (Fsp3) is 0.632. The lowest BCUT2D eigenvalue weighted by Crippen LogP contribution is -2.36. The summed E-state index contributed by atoms with van der Waals surface area (Å²) in [5.41, 5.74) is 0.490. The second-order valence-corrected chi connectivity index (χ2v) is 9.93. The zero-order valence-corrected chi connectivity index (χ0v) is 16.6. The molecule has 2 atom stereocenters. The topological polar surface area (TPSA) is 72.9 Å². The minimum Gasteiger partial charge on any atom is -0.444 e. The Morgan fingerprint density at radius 3 is 2.12 bits per heavy atom. The van der Waals surface area contributed by atoms with E-state index in [4.69, 9.17) is 8.92 Å². The number of nitrogens with zero attached hydrogens (tertiary/aromatic N) is 1. The maximum absolute atomic E-state index is 12.4. The molecule has 0 radical (unpaired) electrons. The van der Waals surface area contributed by atoms with E-state index in [1.54, 1.807) is 29.2 Å². The van der Waals surface area contributed by atoms with E-state index in [1.165, 1.54) is 0 Å². The Kier molecular flexibility index (Phi) is 5.05. The summed E-state index contributed by atoms with van der Waals surface area (Å²) in [6.07, 6.45) is 0.679. The lowest BCUT2D eigenvalue weighted by molar-refractivity contribution is 0.0272. The molecule has 1 amide bonds. The third kappa shape index (κ3) is 4.38. The van der Waals surface area contributed by atoms with Gasteiger partial charge < -0.3 is 9.64 Å². The van der Waals surface area contributed by atoms with Crippen molar-refractivity contribution in [3.63, 3.8) is 0 Å². The molecule has 7 heteroatoms. The zero-order chi connectivity index (χ0) is 19.1. The Bertz CT molecular complexity index is 752. The molecule has 1 aromatic rings. The van der Waals surface area contributed by atoms with Gasteiger partial charge in [0.1, 0.15) is 5.60 Å². The SMILES string of the molecule is Cc1ccc(S(=O)(=O)OC2CC3CN(C(=O)OC(C)(C)C)CC3C2)cc1. The van der Waals surface area contributed by atoms with Gasteiger partial charge in [0.05, 0.1) is 11.0 Å². The number of benzene rings is 1. The lowest BCUT2D eigenvalue weighted by Gasteiger charge is -2.25. The largest absolute Gasteiger partial charge is 0.444 e. The van der Waals surface area contributed by atoms with Gasteiger partial charge in [0.15, 0.2) is 0 Å². The Labute approximate surface area is 155 Å². The number of fused-ring (bicyclic) bond motifs is 1. The number of hydrogen-bond acceptors (Lipinski definition) is 5. The highest BCUT2D eigenvalue weighted by atomic mass is 32.2. The van der Waals surface area contributed by atoms with Gasteiger partial charge in [-0.25, -0.2) is 4.79 Å². The van der Waals surface area contributed by atoms with E-state index in [2.05, 4.69) is 0 Å². The van der Waals surface area contributed by atoms with Crippen LogP contribution in [0.4, 0.5) is 4.79 Å². The van der Waals surface area contributed by atoms with Gasteiger partial charge in [0.2, 0.25) is 0 Å². The summed E-state index contributed by atoms with van der Waals surface area (Å²) in [6, 6.07) is 6.67. The predicted molar refractivity (Wildman–Crippen MR) is 97.3 cm³/mol. The summed E-state index contributed by atoms with van der Waals surface area (Å²) in [5.74, 6) is 0.529. The van der Waals surface area contributed by atoms with Gasteiger partial charge in [-0.1, -0.05) is 17.7 Å². The number of hydrogen-bond donors (Lipinski definition) is 0. The van der Waals surface area contributed by atoms with Gasteiger partial charge in [-0.15, -0.1) is 0 Å². The van der Waals surface area contributed by atoms with Crippen LogP contribution in [0.5, 0.6) is 0 Å². The Morgan fingerprint density at radius 1 is 1.08 bits per heavy atom. The summed E-state index contributed by atoms with van der Waals surface area (Å²) < 4.78 is 35.8. The first-order valence-corrected chi connectivity index (χ1v) is 10.4. The molecule has 1 heterocycles. The molecular weight excluding hydrogens is 354 g/mol. The van der Waals surface area contributed by atoms with E-state index >= 15 is 0 Å². The van der Waals surface area contributed by atoms with Crippen LogP contribution in [0.15, 0.2) is 29.2 Å². The molecule has 6 nitrogen and oxygen atoms in total. The van der Waals surface area contributed by atoms with Crippen molar-refractivity contribution >= 4 is 16.2 Å². The second-order valence-electron chi connectivity index (χ2n) is 8.36. The third-order valence-corrected chi connectivity index (χ3v) is 6.31. The van der Waals surface area contributed by atoms with Crippen molar-refractivity contribution in [3.05, 3.63) is 29.8 Å². The van der Waals surface area contributed by atoms with Crippen molar-refractivity contribution in [2.24, 2.45) is 11.8 Å².